The maximum absolute atomic E-state index is 6.25. The van der Waals surface area contributed by atoms with E-state index < -0.39 is 0 Å². The fraction of sp³-hybridized carbons (Fsp3) is 0.667. The minimum absolute atomic E-state index is 0.111. The van der Waals surface area contributed by atoms with Crippen LogP contribution in [-0.2, 0) is 4.74 Å². The van der Waals surface area contributed by atoms with Gasteiger partial charge < -0.3 is 10.1 Å². The van der Waals surface area contributed by atoms with Gasteiger partial charge in [-0.2, -0.15) is 0 Å². The Morgan fingerprint density at radius 1 is 1.15 bits per heavy atom. The average Bonchev–Trinajstić information content (AvgIpc) is 2.35. The molecule has 1 N–H and O–H groups in total. The van der Waals surface area contributed by atoms with Crippen molar-refractivity contribution in [2.75, 3.05) is 6.54 Å². The monoisotopic (exact) mass is 277 g/mol. The lowest BCUT2D eigenvalue weighted by Gasteiger charge is -2.28. The van der Waals surface area contributed by atoms with Gasteiger partial charge in [0.1, 0.15) is 0 Å². The molecular formula is C18H31NO. The Morgan fingerprint density at radius 2 is 1.75 bits per heavy atom. The first-order valence-corrected chi connectivity index (χ1v) is 7.79. The minimum Gasteiger partial charge on any atom is -0.369 e. The standard InChI is InChI=1S/C18H31NO/c1-7-8-15(3)20-17(13-19-18(4,5)6)16-11-9-14(2)10-12-16/h9-12,15,17,19H,7-8,13H2,1-6H3. The van der Waals surface area contributed by atoms with Crippen LogP contribution >= 0.6 is 0 Å². The van der Waals surface area contributed by atoms with E-state index in [9.17, 15) is 0 Å². The molecule has 0 aromatic heterocycles. The molecule has 1 aromatic carbocycles. The van der Waals surface area contributed by atoms with Crippen LogP contribution in [0, 0.1) is 6.92 Å². The molecule has 0 saturated heterocycles. The molecule has 0 bridgehead atoms. The Balaban J connectivity index is 2.75. The Bertz CT molecular complexity index is 377. The van der Waals surface area contributed by atoms with Crippen molar-refractivity contribution >= 4 is 0 Å². The van der Waals surface area contributed by atoms with Crippen LogP contribution < -0.4 is 5.32 Å². The van der Waals surface area contributed by atoms with E-state index in [-0.39, 0.29) is 11.6 Å². The third-order valence-corrected chi connectivity index (χ3v) is 3.36. The zero-order chi connectivity index (χ0) is 15.2. The van der Waals surface area contributed by atoms with Crippen molar-refractivity contribution in [3.05, 3.63) is 35.4 Å². The van der Waals surface area contributed by atoms with Gasteiger partial charge in [-0.15, -0.1) is 0 Å². The molecule has 0 aliphatic rings. The molecule has 2 nitrogen and oxygen atoms in total. The van der Waals surface area contributed by atoms with Gasteiger partial charge in [0.05, 0.1) is 12.2 Å². The topological polar surface area (TPSA) is 21.3 Å². The van der Waals surface area contributed by atoms with Crippen molar-refractivity contribution < 1.29 is 4.74 Å². The Morgan fingerprint density at radius 3 is 2.25 bits per heavy atom. The second-order valence-electron chi connectivity index (χ2n) is 6.77. The van der Waals surface area contributed by atoms with Crippen LogP contribution in [0.4, 0.5) is 0 Å². The van der Waals surface area contributed by atoms with Crippen LogP contribution in [0.3, 0.4) is 0 Å². The van der Waals surface area contributed by atoms with Gasteiger partial charge in [0.15, 0.2) is 0 Å². The van der Waals surface area contributed by atoms with Crippen molar-refractivity contribution in [3.8, 4) is 0 Å². The molecule has 1 aromatic rings. The van der Waals surface area contributed by atoms with Gasteiger partial charge in [-0.3, -0.25) is 0 Å². The summed E-state index contributed by atoms with van der Waals surface area (Å²) in [4.78, 5) is 0. The third kappa shape index (κ3) is 6.53. The normalized spacial score (nSPS) is 15.1. The summed E-state index contributed by atoms with van der Waals surface area (Å²) < 4.78 is 6.25. The van der Waals surface area contributed by atoms with Gasteiger partial charge in [0, 0.05) is 12.1 Å². The van der Waals surface area contributed by atoms with Crippen molar-refractivity contribution in [1.82, 2.24) is 5.32 Å². The van der Waals surface area contributed by atoms with E-state index in [2.05, 4.69) is 71.1 Å². The summed E-state index contributed by atoms with van der Waals surface area (Å²) in [5.74, 6) is 0. The highest BCUT2D eigenvalue weighted by atomic mass is 16.5. The highest BCUT2D eigenvalue weighted by molar-refractivity contribution is 5.23. The van der Waals surface area contributed by atoms with Crippen LogP contribution in [0.2, 0.25) is 0 Å². The zero-order valence-electron chi connectivity index (χ0n) is 14.0. The molecule has 0 aliphatic carbocycles. The number of rotatable bonds is 7. The summed E-state index contributed by atoms with van der Waals surface area (Å²) in [6, 6.07) is 8.69. The summed E-state index contributed by atoms with van der Waals surface area (Å²) in [6.45, 7) is 13.9. The predicted molar refractivity (Wildman–Crippen MR) is 87.1 cm³/mol. The zero-order valence-corrected chi connectivity index (χ0v) is 14.0. The predicted octanol–water partition coefficient (Wildman–Crippen LogP) is 4.63. The lowest BCUT2D eigenvalue weighted by molar-refractivity contribution is -0.00994. The van der Waals surface area contributed by atoms with Gasteiger partial charge in [-0.05, 0) is 46.6 Å². The highest BCUT2D eigenvalue weighted by Crippen LogP contribution is 2.21. The fourth-order valence-electron chi connectivity index (χ4n) is 2.18. The molecule has 0 saturated carbocycles. The van der Waals surface area contributed by atoms with Gasteiger partial charge in [-0.1, -0.05) is 43.2 Å². The van der Waals surface area contributed by atoms with Crippen LogP contribution in [0.25, 0.3) is 0 Å². The van der Waals surface area contributed by atoms with E-state index in [0.29, 0.717) is 6.10 Å². The molecule has 0 amide bonds. The minimum atomic E-state index is 0.111. The summed E-state index contributed by atoms with van der Waals surface area (Å²) in [5.41, 5.74) is 2.66. The third-order valence-electron chi connectivity index (χ3n) is 3.36. The summed E-state index contributed by atoms with van der Waals surface area (Å²) in [6.07, 6.45) is 2.69. The lowest BCUT2D eigenvalue weighted by Crippen LogP contribution is -2.39. The summed E-state index contributed by atoms with van der Waals surface area (Å²) >= 11 is 0. The Labute approximate surface area is 124 Å². The highest BCUT2D eigenvalue weighted by Gasteiger charge is 2.18. The fourth-order valence-corrected chi connectivity index (χ4v) is 2.18. The van der Waals surface area contributed by atoms with Gasteiger partial charge in [0.25, 0.3) is 0 Å². The van der Waals surface area contributed by atoms with E-state index in [1.165, 1.54) is 11.1 Å². The van der Waals surface area contributed by atoms with Crippen LogP contribution in [0.1, 0.15) is 64.7 Å². The molecule has 0 aliphatic heterocycles. The van der Waals surface area contributed by atoms with E-state index in [1.54, 1.807) is 0 Å². The molecule has 0 heterocycles. The summed E-state index contributed by atoms with van der Waals surface area (Å²) in [5, 5.41) is 3.56. The smallest absolute Gasteiger partial charge is 0.0953 e. The van der Waals surface area contributed by atoms with Crippen molar-refractivity contribution in [1.29, 1.82) is 0 Å². The number of aryl methyl sites for hydroxylation is 1. The molecule has 0 spiro atoms. The van der Waals surface area contributed by atoms with E-state index >= 15 is 0 Å². The number of benzene rings is 1. The number of ether oxygens (including phenoxy) is 1. The number of hydrogen-bond donors (Lipinski definition) is 1. The molecule has 0 radical (unpaired) electrons. The Hall–Kier alpha value is -0.860. The quantitative estimate of drug-likeness (QED) is 0.784. The number of hydrogen-bond acceptors (Lipinski definition) is 2. The molecular weight excluding hydrogens is 246 g/mol. The molecule has 0 fully saturated rings. The van der Waals surface area contributed by atoms with E-state index in [1.807, 2.05) is 0 Å². The van der Waals surface area contributed by atoms with Gasteiger partial charge in [0.2, 0.25) is 0 Å². The van der Waals surface area contributed by atoms with E-state index in [0.717, 1.165) is 19.4 Å². The molecule has 2 unspecified atom stereocenters. The van der Waals surface area contributed by atoms with Crippen molar-refractivity contribution in [2.24, 2.45) is 0 Å². The average molecular weight is 277 g/mol. The van der Waals surface area contributed by atoms with Gasteiger partial charge in [-0.25, -0.2) is 0 Å². The molecule has 1 rings (SSSR count). The largest absolute Gasteiger partial charge is 0.369 e. The molecule has 114 valence electrons. The first kappa shape index (κ1) is 17.2. The second-order valence-corrected chi connectivity index (χ2v) is 6.77. The Kier molecular flexibility index (Phi) is 6.70. The molecule has 2 heteroatoms. The van der Waals surface area contributed by atoms with Gasteiger partial charge >= 0.3 is 0 Å². The molecule has 20 heavy (non-hydrogen) atoms. The van der Waals surface area contributed by atoms with Crippen molar-refractivity contribution in [3.63, 3.8) is 0 Å². The van der Waals surface area contributed by atoms with Crippen LogP contribution in [0.5, 0.6) is 0 Å². The van der Waals surface area contributed by atoms with Crippen LogP contribution in [0.15, 0.2) is 24.3 Å². The van der Waals surface area contributed by atoms with E-state index in [4.69, 9.17) is 4.74 Å². The van der Waals surface area contributed by atoms with Crippen molar-refractivity contribution in [2.45, 2.75) is 72.1 Å². The summed E-state index contributed by atoms with van der Waals surface area (Å²) in [7, 11) is 0. The number of nitrogens with one attached hydrogen (secondary N) is 1. The second kappa shape index (κ2) is 7.80. The SMILES string of the molecule is CCCC(C)OC(CNC(C)(C)C)c1ccc(C)cc1. The maximum atomic E-state index is 6.25. The van der Waals surface area contributed by atoms with Crippen LogP contribution in [-0.4, -0.2) is 18.2 Å². The first-order valence-electron chi connectivity index (χ1n) is 7.79. The maximum Gasteiger partial charge on any atom is 0.0953 e. The lowest BCUT2D eigenvalue weighted by atomic mass is 10.0. The first-order chi connectivity index (χ1) is 9.31. The molecule has 2 atom stereocenters.